The van der Waals surface area contributed by atoms with E-state index in [2.05, 4.69) is 4.98 Å². The van der Waals surface area contributed by atoms with Crippen LogP contribution in [0, 0.1) is 5.82 Å². The van der Waals surface area contributed by atoms with E-state index >= 15 is 0 Å². The highest BCUT2D eigenvalue weighted by Gasteiger charge is 2.04. The van der Waals surface area contributed by atoms with E-state index in [1.807, 2.05) is 0 Å². The van der Waals surface area contributed by atoms with Gasteiger partial charge in [-0.3, -0.25) is 0 Å². The Bertz CT molecular complexity index is 543. The molecule has 0 saturated carbocycles. The van der Waals surface area contributed by atoms with Crippen molar-refractivity contribution in [2.75, 3.05) is 0 Å². The summed E-state index contributed by atoms with van der Waals surface area (Å²) in [4.78, 5) is 13.1. The SMILES string of the molecule is O=C(O)/C=C/c1c[nH]c2c(F)cccc12. The average molecular weight is 205 g/mol. The molecule has 2 aromatic rings. The summed E-state index contributed by atoms with van der Waals surface area (Å²) >= 11 is 0. The molecule has 0 spiro atoms. The molecule has 0 amide bonds. The van der Waals surface area contributed by atoms with Gasteiger partial charge in [-0.25, -0.2) is 9.18 Å². The Morgan fingerprint density at radius 2 is 2.27 bits per heavy atom. The number of nitrogens with one attached hydrogen (secondary N) is 1. The van der Waals surface area contributed by atoms with Crippen LogP contribution in [0.3, 0.4) is 0 Å². The molecule has 0 radical (unpaired) electrons. The van der Waals surface area contributed by atoms with Crippen LogP contribution in [0.4, 0.5) is 4.39 Å². The molecule has 2 rings (SSSR count). The van der Waals surface area contributed by atoms with E-state index in [-0.39, 0.29) is 5.82 Å². The van der Waals surface area contributed by atoms with Crippen molar-refractivity contribution in [3.05, 3.63) is 41.9 Å². The molecule has 76 valence electrons. The van der Waals surface area contributed by atoms with Crippen molar-refractivity contribution in [3.63, 3.8) is 0 Å². The minimum Gasteiger partial charge on any atom is -0.478 e. The van der Waals surface area contributed by atoms with Gasteiger partial charge in [0.1, 0.15) is 5.82 Å². The summed E-state index contributed by atoms with van der Waals surface area (Å²) in [6.45, 7) is 0. The third-order valence-corrected chi connectivity index (χ3v) is 2.10. The summed E-state index contributed by atoms with van der Waals surface area (Å²) in [5.74, 6) is -1.37. The standard InChI is InChI=1S/C11H8FNO2/c12-9-3-1-2-8-7(4-5-10(14)15)6-13-11(8)9/h1-6,13H,(H,14,15)/b5-4+. The van der Waals surface area contributed by atoms with Crippen LogP contribution in [0.1, 0.15) is 5.56 Å². The van der Waals surface area contributed by atoms with Crippen molar-refractivity contribution >= 4 is 22.9 Å². The topological polar surface area (TPSA) is 53.1 Å². The molecule has 1 heterocycles. The number of hydrogen-bond donors (Lipinski definition) is 2. The third-order valence-electron chi connectivity index (χ3n) is 2.10. The summed E-state index contributed by atoms with van der Waals surface area (Å²) in [5, 5.41) is 9.14. The number of hydrogen-bond acceptors (Lipinski definition) is 1. The largest absolute Gasteiger partial charge is 0.478 e. The number of carbonyl (C=O) groups is 1. The Balaban J connectivity index is 2.54. The number of rotatable bonds is 2. The first-order chi connectivity index (χ1) is 7.18. The number of para-hydroxylation sites is 1. The first kappa shape index (κ1) is 9.45. The fraction of sp³-hybridized carbons (Fsp3) is 0. The van der Waals surface area contributed by atoms with Crippen LogP contribution in [-0.2, 0) is 4.79 Å². The van der Waals surface area contributed by atoms with Crippen molar-refractivity contribution in [2.24, 2.45) is 0 Å². The normalized spacial score (nSPS) is 11.3. The fourth-order valence-electron chi connectivity index (χ4n) is 1.44. The summed E-state index contributed by atoms with van der Waals surface area (Å²) in [6.07, 6.45) is 4.03. The molecule has 0 aliphatic carbocycles. The van der Waals surface area contributed by atoms with Gasteiger partial charge in [0.2, 0.25) is 0 Å². The van der Waals surface area contributed by atoms with Crippen LogP contribution in [0.5, 0.6) is 0 Å². The maximum atomic E-state index is 13.2. The van der Waals surface area contributed by atoms with Crippen LogP contribution >= 0.6 is 0 Å². The Morgan fingerprint density at radius 3 is 3.00 bits per heavy atom. The molecule has 0 saturated heterocycles. The number of aromatic amines is 1. The molecule has 0 atom stereocenters. The maximum Gasteiger partial charge on any atom is 0.328 e. The monoisotopic (exact) mass is 205 g/mol. The second-order valence-electron chi connectivity index (χ2n) is 3.08. The lowest BCUT2D eigenvalue weighted by molar-refractivity contribution is -0.131. The van der Waals surface area contributed by atoms with Gasteiger partial charge in [0.25, 0.3) is 0 Å². The molecular formula is C11H8FNO2. The van der Waals surface area contributed by atoms with E-state index in [0.717, 1.165) is 6.08 Å². The van der Waals surface area contributed by atoms with Crippen molar-refractivity contribution < 1.29 is 14.3 Å². The Morgan fingerprint density at radius 1 is 1.47 bits per heavy atom. The van der Waals surface area contributed by atoms with Gasteiger partial charge >= 0.3 is 5.97 Å². The van der Waals surface area contributed by atoms with E-state index in [1.165, 1.54) is 12.1 Å². The highest BCUT2D eigenvalue weighted by Crippen LogP contribution is 2.21. The van der Waals surface area contributed by atoms with E-state index in [1.54, 1.807) is 18.3 Å². The first-order valence-corrected chi connectivity index (χ1v) is 4.35. The van der Waals surface area contributed by atoms with E-state index in [9.17, 15) is 9.18 Å². The number of carboxylic acid groups (broad SMARTS) is 1. The quantitative estimate of drug-likeness (QED) is 0.739. The first-order valence-electron chi connectivity index (χ1n) is 4.35. The van der Waals surface area contributed by atoms with Gasteiger partial charge in [-0.1, -0.05) is 12.1 Å². The molecule has 4 heteroatoms. The molecule has 2 N–H and O–H groups in total. The molecule has 0 aliphatic rings. The zero-order chi connectivity index (χ0) is 10.8. The Hall–Kier alpha value is -2.10. The summed E-state index contributed by atoms with van der Waals surface area (Å²) in [5.41, 5.74) is 1.05. The van der Waals surface area contributed by atoms with Crippen molar-refractivity contribution in [2.45, 2.75) is 0 Å². The van der Waals surface area contributed by atoms with E-state index in [0.29, 0.717) is 16.5 Å². The minimum atomic E-state index is -1.03. The third kappa shape index (κ3) is 1.74. The molecule has 0 fully saturated rings. The molecule has 1 aromatic heterocycles. The van der Waals surface area contributed by atoms with Gasteiger partial charge in [-0.15, -0.1) is 0 Å². The number of H-pyrrole nitrogens is 1. The number of fused-ring (bicyclic) bond motifs is 1. The second-order valence-corrected chi connectivity index (χ2v) is 3.08. The van der Waals surface area contributed by atoms with Crippen molar-refractivity contribution in [1.82, 2.24) is 4.98 Å². The number of halogens is 1. The fourth-order valence-corrected chi connectivity index (χ4v) is 1.44. The zero-order valence-corrected chi connectivity index (χ0v) is 7.70. The molecule has 3 nitrogen and oxygen atoms in total. The molecule has 0 aliphatic heterocycles. The smallest absolute Gasteiger partial charge is 0.328 e. The van der Waals surface area contributed by atoms with Crippen LogP contribution < -0.4 is 0 Å². The lowest BCUT2D eigenvalue weighted by Crippen LogP contribution is -1.85. The molecule has 0 bridgehead atoms. The van der Waals surface area contributed by atoms with Crippen LogP contribution in [0.15, 0.2) is 30.5 Å². The maximum absolute atomic E-state index is 13.2. The summed E-state index contributed by atoms with van der Waals surface area (Å²) in [7, 11) is 0. The number of benzene rings is 1. The minimum absolute atomic E-state index is 0.345. The van der Waals surface area contributed by atoms with E-state index in [4.69, 9.17) is 5.11 Å². The predicted molar refractivity (Wildman–Crippen MR) is 54.9 cm³/mol. The molecule has 1 aromatic carbocycles. The average Bonchev–Trinajstić information content (AvgIpc) is 2.59. The summed E-state index contributed by atoms with van der Waals surface area (Å²) < 4.78 is 13.2. The molecule has 0 unspecified atom stereocenters. The van der Waals surface area contributed by atoms with Crippen LogP contribution in [0.2, 0.25) is 0 Å². The number of aromatic nitrogens is 1. The second kappa shape index (κ2) is 3.57. The lowest BCUT2D eigenvalue weighted by Gasteiger charge is -1.92. The van der Waals surface area contributed by atoms with Gasteiger partial charge in [0.15, 0.2) is 0 Å². The van der Waals surface area contributed by atoms with Gasteiger partial charge in [-0.2, -0.15) is 0 Å². The Labute approximate surface area is 84.8 Å². The van der Waals surface area contributed by atoms with Crippen LogP contribution in [-0.4, -0.2) is 16.1 Å². The van der Waals surface area contributed by atoms with Crippen molar-refractivity contribution in [1.29, 1.82) is 0 Å². The van der Waals surface area contributed by atoms with Gasteiger partial charge in [0, 0.05) is 23.2 Å². The number of carboxylic acids is 1. The van der Waals surface area contributed by atoms with E-state index < -0.39 is 5.97 Å². The van der Waals surface area contributed by atoms with Gasteiger partial charge < -0.3 is 10.1 Å². The zero-order valence-electron chi connectivity index (χ0n) is 7.70. The molecular weight excluding hydrogens is 197 g/mol. The number of aliphatic carboxylic acids is 1. The highest BCUT2D eigenvalue weighted by atomic mass is 19.1. The van der Waals surface area contributed by atoms with Gasteiger partial charge in [-0.05, 0) is 12.1 Å². The van der Waals surface area contributed by atoms with Crippen LogP contribution in [0.25, 0.3) is 17.0 Å². The molecule has 15 heavy (non-hydrogen) atoms. The van der Waals surface area contributed by atoms with Crippen molar-refractivity contribution in [3.8, 4) is 0 Å². The van der Waals surface area contributed by atoms with Gasteiger partial charge in [0.05, 0.1) is 5.52 Å². The predicted octanol–water partition coefficient (Wildman–Crippen LogP) is 2.40. The lowest BCUT2D eigenvalue weighted by atomic mass is 10.1. The highest BCUT2D eigenvalue weighted by molar-refractivity contribution is 5.93. The Kier molecular flexibility index (Phi) is 2.25. The summed E-state index contributed by atoms with van der Waals surface area (Å²) in [6, 6.07) is 4.67.